The summed E-state index contributed by atoms with van der Waals surface area (Å²) in [6.45, 7) is 1.28. The van der Waals surface area contributed by atoms with E-state index >= 15 is 0 Å². The molecule has 4 heteroatoms. The molecule has 70 valence electrons. The van der Waals surface area contributed by atoms with Gasteiger partial charge in [0.25, 0.3) is 0 Å². The highest BCUT2D eigenvalue weighted by atomic mass is 16.7. The molecule has 0 radical (unpaired) electrons. The minimum atomic E-state index is -0.505. The fourth-order valence-electron chi connectivity index (χ4n) is 1.91. The number of hydrogen-bond acceptors (Lipinski definition) is 4. The summed E-state index contributed by atoms with van der Waals surface area (Å²) in [6, 6.07) is -0.108. The first-order valence-electron chi connectivity index (χ1n) is 4.43. The number of aliphatic hydroxyl groups is 1. The smallest absolute Gasteiger partial charge is 0.171 e. The van der Waals surface area contributed by atoms with E-state index < -0.39 is 11.9 Å². The lowest BCUT2D eigenvalue weighted by atomic mass is 9.88. The molecule has 0 aromatic carbocycles. The Bertz CT molecular complexity index is 168. The van der Waals surface area contributed by atoms with Gasteiger partial charge in [0.15, 0.2) is 5.79 Å². The molecule has 1 aliphatic heterocycles. The van der Waals surface area contributed by atoms with E-state index in [9.17, 15) is 5.11 Å². The van der Waals surface area contributed by atoms with Crippen LogP contribution in [0.5, 0.6) is 0 Å². The molecule has 1 saturated carbocycles. The van der Waals surface area contributed by atoms with E-state index in [1.54, 1.807) is 0 Å². The molecule has 0 amide bonds. The normalized spacial score (nSPS) is 40.5. The Labute approximate surface area is 71.6 Å². The summed E-state index contributed by atoms with van der Waals surface area (Å²) < 4.78 is 10.9. The van der Waals surface area contributed by atoms with E-state index in [0.717, 1.165) is 12.8 Å². The van der Waals surface area contributed by atoms with Gasteiger partial charge in [-0.1, -0.05) is 0 Å². The van der Waals surface area contributed by atoms with Gasteiger partial charge in [0.1, 0.15) is 0 Å². The molecule has 1 heterocycles. The summed E-state index contributed by atoms with van der Waals surface area (Å²) in [5.41, 5.74) is 5.67. The third kappa shape index (κ3) is 1.35. The van der Waals surface area contributed by atoms with Gasteiger partial charge < -0.3 is 20.3 Å². The predicted octanol–water partition coefficient (Wildman–Crippen LogP) is -0.398. The topological polar surface area (TPSA) is 64.7 Å². The monoisotopic (exact) mass is 173 g/mol. The third-order valence-corrected chi connectivity index (χ3v) is 2.69. The zero-order chi connectivity index (χ0) is 8.60. The SMILES string of the molecule is N[C@H]1CCC2(C[C@@H]1O)OCCO2. The second kappa shape index (κ2) is 2.96. The van der Waals surface area contributed by atoms with Crippen LogP contribution in [0.2, 0.25) is 0 Å². The maximum atomic E-state index is 9.52. The average Bonchev–Trinajstić information content (AvgIpc) is 2.47. The minimum absolute atomic E-state index is 0.108. The van der Waals surface area contributed by atoms with Crippen LogP contribution in [0, 0.1) is 0 Å². The molecule has 2 fully saturated rings. The Morgan fingerprint density at radius 2 is 2.00 bits per heavy atom. The van der Waals surface area contributed by atoms with Crippen molar-refractivity contribution in [3.63, 3.8) is 0 Å². The molecule has 1 spiro atoms. The van der Waals surface area contributed by atoms with Crippen molar-refractivity contribution < 1.29 is 14.6 Å². The molecule has 1 aliphatic carbocycles. The van der Waals surface area contributed by atoms with Crippen LogP contribution in [0.3, 0.4) is 0 Å². The highest BCUT2D eigenvalue weighted by Crippen LogP contribution is 2.35. The van der Waals surface area contributed by atoms with Crippen LogP contribution < -0.4 is 5.73 Å². The average molecular weight is 173 g/mol. The van der Waals surface area contributed by atoms with Crippen LogP contribution in [0.25, 0.3) is 0 Å². The van der Waals surface area contributed by atoms with Gasteiger partial charge in [0.2, 0.25) is 0 Å². The maximum absolute atomic E-state index is 9.52. The molecular weight excluding hydrogens is 158 g/mol. The minimum Gasteiger partial charge on any atom is -0.391 e. The lowest BCUT2D eigenvalue weighted by Crippen LogP contribution is -2.48. The predicted molar refractivity (Wildman–Crippen MR) is 42.5 cm³/mol. The van der Waals surface area contributed by atoms with E-state index in [0.29, 0.717) is 19.6 Å². The van der Waals surface area contributed by atoms with Crippen molar-refractivity contribution in [3.05, 3.63) is 0 Å². The molecular formula is C8H15NO3. The van der Waals surface area contributed by atoms with E-state index in [2.05, 4.69) is 0 Å². The molecule has 1 saturated heterocycles. The molecule has 4 nitrogen and oxygen atoms in total. The molecule has 0 unspecified atom stereocenters. The lowest BCUT2D eigenvalue weighted by molar-refractivity contribution is -0.198. The quantitative estimate of drug-likeness (QED) is 0.523. The van der Waals surface area contributed by atoms with E-state index in [1.165, 1.54) is 0 Å². The number of rotatable bonds is 0. The van der Waals surface area contributed by atoms with Crippen molar-refractivity contribution in [2.75, 3.05) is 13.2 Å². The fourth-order valence-corrected chi connectivity index (χ4v) is 1.91. The van der Waals surface area contributed by atoms with Crippen LogP contribution >= 0.6 is 0 Å². The third-order valence-electron chi connectivity index (χ3n) is 2.69. The van der Waals surface area contributed by atoms with Crippen molar-refractivity contribution in [3.8, 4) is 0 Å². The number of aliphatic hydroxyl groups excluding tert-OH is 1. The Balaban J connectivity index is 2.01. The Morgan fingerprint density at radius 3 is 2.58 bits per heavy atom. The van der Waals surface area contributed by atoms with Crippen molar-refractivity contribution >= 4 is 0 Å². The summed E-state index contributed by atoms with van der Waals surface area (Å²) in [4.78, 5) is 0. The number of hydrogen-bond donors (Lipinski definition) is 2. The number of ether oxygens (including phenoxy) is 2. The van der Waals surface area contributed by atoms with Gasteiger partial charge in [0.05, 0.1) is 19.3 Å². The van der Waals surface area contributed by atoms with Crippen molar-refractivity contribution in [2.45, 2.75) is 37.2 Å². The van der Waals surface area contributed by atoms with Gasteiger partial charge in [-0.25, -0.2) is 0 Å². The fraction of sp³-hybridized carbons (Fsp3) is 1.00. The van der Waals surface area contributed by atoms with Gasteiger partial charge in [0, 0.05) is 18.9 Å². The van der Waals surface area contributed by atoms with Crippen LogP contribution in [-0.4, -0.2) is 36.3 Å². The van der Waals surface area contributed by atoms with E-state index in [4.69, 9.17) is 15.2 Å². The van der Waals surface area contributed by atoms with Gasteiger partial charge in [-0.15, -0.1) is 0 Å². The highest BCUT2D eigenvalue weighted by molar-refractivity contribution is 4.89. The molecule has 0 aromatic heterocycles. The van der Waals surface area contributed by atoms with Gasteiger partial charge in [-0.3, -0.25) is 0 Å². The maximum Gasteiger partial charge on any atom is 0.171 e. The van der Waals surface area contributed by atoms with Crippen LogP contribution in [0.15, 0.2) is 0 Å². The van der Waals surface area contributed by atoms with Crippen molar-refractivity contribution in [2.24, 2.45) is 5.73 Å². The summed E-state index contributed by atoms with van der Waals surface area (Å²) in [5, 5.41) is 9.52. The summed E-state index contributed by atoms with van der Waals surface area (Å²) in [7, 11) is 0. The molecule has 12 heavy (non-hydrogen) atoms. The number of nitrogens with two attached hydrogens (primary N) is 1. The van der Waals surface area contributed by atoms with Crippen LogP contribution in [-0.2, 0) is 9.47 Å². The highest BCUT2D eigenvalue weighted by Gasteiger charge is 2.43. The lowest BCUT2D eigenvalue weighted by Gasteiger charge is -2.37. The summed E-state index contributed by atoms with van der Waals surface area (Å²) in [6.07, 6.45) is 1.64. The van der Waals surface area contributed by atoms with Gasteiger partial charge in [-0.05, 0) is 6.42 Å². The molecule has 2 aliphatic rings. The zero-order valence-corrected chi connectivity index (χ0v) is 7.03. The van der Waals surface area contributed by atoms with Crippen molar-refractivity contribution in [1.82, 2.24) is 0 Å². The van der Waals surface area contributed by atoms with Gasteiger partial charge >= 0.3 is 0 Å². The van der Waals surface area contributed by atoms with E-state index in [1.807, 2.05) is 0 Å². The van der Waals surface area contributed by atoms with Gasteiger partial charge in [-0.2, -0.15) is 0 Å². The molecule has 2 rings (SSSR count). The largest absolute Gasteiger partial charge is 0.391 e. The zero-order valence-electron chi connectivity index (χ0n) is 7.03. The van der Waals surface area contributed by atoms with Crippen molar-refractivity contribution in [1.29, 1.82) is 0 Å². The first kappa shape index (κ1) is 8.44. The summed E-state index contributed by atoms with van der Waals surface area (Å²) >= 11 is 0. The Morgan fingerprint density at radius 1 is 1.33 bits per heavy atom. The van der Waals surface area contributed by atoms with Crippen LogP contribution in [0.4, 0.5) is 0 Å². The summed E-state index contributed by atoms with van der Waals surface area (Å²) in [5.74, 6) is -0.505. The van der Waals surface area contributed by atoms with Crippen LogP contribution in [0.1, 0.15) is 19.3 Å². The molecule has 2 atom stereocenters. The molecule has 0 aromatic rings. The second-order valence-electron chi connectivity index (χ2n) is 3.58. The molecule has 3 N–H and O–H groups in total. The first-order valence-corrected chi connectivity index (χ1v) is 4.43. The first-order chi connectivity index (χ1) is 5.72. The van der Waals surface area contributed by atoms with E-state index in [-0.39, 0.29) is 6.04 Å². The Kier molecular flexibility index (Phi) is 2.08. The Hall–Kier alpha value is -0.160. The second-order valence-corrected chi connectivity index (χ2v) is 3.58. The standard InChI is InChI=1S/C8H15NO3/c9-6-1-2-8(5-7(6)10)11-3-4-12-8/h6-7,10H,1-5,9H2/t6-,7-/m0/s1. The molecule has 0 bridgehead atoms.